The number of hydrogen-bond acceptors (Lipinski definition) is 4. The van der Waals surface area contributed by atoms with Crippen molar-refractivity contribution in [2.75, 3.05) is 17.7 Å². The quantitative estimate of drug-likeness (QED) is 0.497. The molecule has 0 aliphatic heterocycles. The Bertz CT molecular complexity index is 970. The van der Waals surface area contributed by atoms with Gasteiger partial charge in [-0.15, -0.1) is 0 Å². The third-order valence-electron chi connectivity index (χ3n) is 4.36. The number of hydrogen-bond donors (Lipinski definition) is 3. The van der Waals surface area contributed by atoms with Crippen LogP contribution in [0.5, 0.6) is 11.5 Å². The molecule has 2 aromatic rings. The predicted octanol–water partition coefficient (Wildman–Crippen LogP) is 5.07. The molecule has 164 valence electrons. The number of nitrogens with one attached hydrogen (secondary N) is 3. The van der Waals surface area contributed by atoms with E-state index < -0.39 is 0 Å². The van der Waals surface area contributed by atoms with Gasteiger partial charge >= 0.3 is 6.03 Å². The van der Waals surface area contributed by atoms with Crippen LogP contribution in [0.3, 0.4) is 0 Å². The number of rotatable bonds is 8. The Morgan fingerprint density at radius 2 is 1.74 bits per heavy atom. The standard InChI is InChI=1S/C23H26ClN3O4/c1-14(2)31-22-19(24)12-15(13-20(22)30-3)4-11-21(28)25-16-5-7-17(8-6-16)26-23(29)27-18-9-10-18/h4-8,11-14,18H,9-10H2,1-3H3,(H,25,28)(H2,26,27,29)/b11-4+. The molecule has 0 unspecified atom stereocenters. The molecule has 1 aliphatic carbocycles. The fraction of sp³-hybridized carbons (Fsp3) is 0.304. The summed E-state index contributed by atoms with van der Waals surface area (Å²) in [6, 6.07) is 10.4. The van der Waals surface area contributed by atoms with Gasteiger partial charge in [-0.3, -0.25) is 4.79 Å². The van der Waals surface area contributed by atoms with Crippen LogP contribution >= 0.6 is 11.6 Å². The summed E-state index contributed by atoms with van der Waals surface area (Å²) in [4.78, 5) is 24.0. The van der Waals surface area contributed by atoms with Crippen LogP contribution in [0.15, 0.2) is 42.5 Å². The van der Waals surface area contributed by atoms with E-state index in [2.05, 4.69) is 16.0 Å². The Labute approximate surface area is 186 Å². The largest absolute Gasteiger partial charge is 0.493 e. The highest BCUT2D eigenvalue weighted by molar-refractivity contribution is 6.32. The Morgan fingerprint density at radius 3 is 2.32 bits per heavy atom. The average Bonchev–Trinajstić information content (AvgIpc) is 3.53. The summed E-state index contributed by atoms with van der Waals surface area (Å²) in [5.74, 6) is 0.667. The van der Waals surface area contributed by atoms with Gasteiger partial charge in [0, 0.05) is 23.5 Å². The topological polar surface area (TPSA) is 88.7 Å². The van der Waals surface area contributed by atoms with E-state index in [1.54, 1.807) is 42.5 Å². The molecule has 1 aliphatic rings. The predicted molar refractivity (Wildman–Crippen MR) is 123 cm³/mol. The molecule has 0 spiro atoms. The second kappa shape index (κ2) is 10.2. The van der Waals surface area contributed by atoms with Gasteiger partial charge in [-0.05, 0) is 74.7 Å². The molecule has 0 bridgehead atoms. The van der Waals surface area contributed by atoms with E-state index in [0.717, 1.165) is 12.8 Å². The van der Waals surface area contributed by atoms with Crippen molar-refractivity contribution in [3.05, 3.63) is 53.1 Å². The lowest BCUT2D eigenvalue weighted by Crippen LogP contribution is -2.30. The number of benzene rings is 2. The SMILES string of the molecule is COc1cc(/C=C/C(=O)Nc2ccc(NC(=O)NC3CC3)cc2)cc(Cl)c1OC(C)C. The van der Waals surface area contributed by atoms with Crippen molar-refractivity contribution in [3.8, 4) is 11.5 Å². The monoisotopic (exact) mass is 443 g/mol. The molecule has 7 nitrogen and oxygen atoms in total. The Morgan fingerprint density at radius 1 is 1.10 bits per heavy atom. The molecule has 2 aromatic carbocycles. The molecular weight excluding hydrogens is 418 g/mol. The van der Waals surface area contributed by atoms with Crippen molar-refractivity contribution in [1.29, 1.82) is 0 Å². The zero-order chi connectivity index (χ0) is 22.4. The van der Waals surface area contributed by atoms with Gasteiger partial charge in [0.25, 0.3) is 0 Å². The van der Waals surface area contributed by atoms with Gasteiger partial charge < -0.3 is 25.4 Å². The minimum Gasteiger partial charge on any atom is -0.493 e. The molecule has 3 amide bonds. The van der Waals surface area contributed by atoms with E-state index in [1.165, 1.54) is 13.2 Å². The molecular formula is C23H26ClN3O4. The summed E-state index contributed by atoms with van der Waals surface area (Å²) in [5, 5.41) is 8.79. The van der Waals surface area contributed by atoms with E-state index in [4.69, 9.17) is 21.1 Å². The van der Waals surface area contributed by atoms with Gasteiger partial charge in [-0.2, -0.15) is 0 Å². The highest BCUT2D eigenvalue weighted by Gasteiger charge is 2.23. The van der Waals surface area contributed by atoms with Gasteiger partial charge in [0.1, 0.15) is 0 Å². The molecule has 0 atom stereocenters. The highest BCUT2D eigenvalue weighted by Crippen LogP contribution is 2.37. The zero-order valence-corrected chi connectivity index (χ0v) is 18.5. The molecule has 0 radical (unpaired) electrons. The number of amides is 3. The maximum atomic E-state index is 12.3. The molecule has 31 heavy (non-hydrogen) atoms. The van der Waals surface area contributed by atoms with Crippen LogP contribution in [0, 0.1) is 0 Å². The van der Waals surface area contributed by atoms with Crippen molar-refractivity contribution >= 4 is 41.0 Å². The number of halogens is 1. The van der Waals surface area contributed by atoms with Crippen LogP contribution in [-0.4, -0.2) is 31.2 Å². The maximum absolute atomic E-state index is 12.3. The van der Waals surface area contributed by atoms with Crippen molar-refractivity contribution in [2.45, 2.75) is 38.8 Å². The first kappa shape index (κ1) is 22.5. The van der Waals surface area contributed by atoms with Crippen molar-refractivity contribution in [1.82, 2.24) is 5.32 Å². The third kappa shape index (κ3) is 6.93. The first-order chi connectivity index (χ1) is 14.8. The molecule has 8 heteroatoms. The van der Waals surface area contributed by atoms with E-state index in [1.807, 2.05) is 13.8 Å². The van der Waals surface area contributed by atoms with Gasteiger partial charge in [0.2, 0.25) is 5.91 Å². The highest BCUT2D eigenvalue weighted by atomic mass is 35.5. The molecule has 3 rings (SSSR count). The Balaban J connectivity index is 1.58. The van der Waals surface area contributed by atoms with E-state index in [-0.39, 0.29) is 18.0 Å². The first-order valence-corrected chi connectivity index (χ1v) is 10.4. The summed E-state index contributed by atoms with van der Waals surface area (Å²) in [6.45, 7) is 3.80. The van der Waals surface area contributed by atoms with Crippen LogP contribution in [0.25, 0.3) is 6.08 Å². The number of carbonyl (C=O) groups excluding carboxylic acids is 2. The lowest BCUT2D eigenvalue weighted by molar-refractivity contribution is -0.111. The zero-order valence-electron chi connectivity index (χ0n) is 17.7. The fourth-order valence-electron chi connectivity index (χ4n) is 2.76. The van der Waals surface area contributed by atoms with Gasteiger partial charge in [-0.25, -0.2) is 4.79 Å². The Kier molecular flexibility index (Phi) is 7.41. The van der Waals surface area contributed by atoms with Crippen LogP contribution in [0.4, 0.5) is 16.2 Å². The summed E-state index contributed by atoms with van der Waals surface area (Å²) < 4.78 is 11.0. The molecule has 1 saturated carbocycles. The van der Waals surface area contributed by atoms with Gasteiger partial charge in [-0.1, -0.05) is 11.6 Å². The van der Waals surface area contributed by atoms with Crippen LogP contribution in [0.2, 0.25) is 5.02 Å². The minimum atomic E-state index is -0.301. The van der Waals surface area contributed by atoms with E-state index in [9.17, 15) is 9.59 Å². The minimum absolute atomic E-state index is 0.0484. The normalized spacial score (nSPS) is 13.2. The van der Waals surface area contributed by atoms with Crippen molar-refractivity contribution in [2.24, 2.45) is 0 Å². The summed E-state index contributed by atoms with van der Waals surface area (Å²) in [5.41, 5.74) is 1.96. The number of carbonyl (C=O) groups is 2. The summed E-state index contributed by atoms with van der Waals surface area (Å²) >= 11 is 6.31. The second-order valence-corrected chi connectivity index (χ2v) is 7.88. The van der Waals surface area contributed by atoms with E-state index >= 15 is 0 Å². The fourth-order valence-corrected chi connectivity index (χ4v) is 3.02. The number of ether oxygens (including phenoxy) is 2. The van der Waals surface area contributed by atoms with Crippen molar-refractivity contribution < 1.29 is 19.1 Å². The van der Waals surface area contributed by atoms with Crippen LogP contribution in [0.1, 0.15) is 32.3 Å². The van der Waals surface area contributed by atoms with Crippen LogP contribution in [-0.2, 0) is 4.79 Å². The summed E-state index contributed by atoms with van der Waals surface area (Å²) in [6.07, 6.45) is 5.05. The average molecular weight is 444 g/mol. The van der Waals surface area contributed by atoms with E-state index in [0.29, 0.717) is 39.5 Å². The number of anilines is 2. The smallest absolute Gasteiger partial charge is 0.319 e. The second-order valence-electron chi connectivity index (χ2n) is 7.47. The number of urea groups is 1. The first-order valence-electron chi connectivity index (χ1n) is 10.0. The molecule has 1 fully saturated rings. The lowest BCUT2D eigenvalue weighted by atomic mass is 10.1. The maximum Gasteiger partial charge on any atom is 0.319 e. The molecule has 0 aromatic heterocycles. The molecule has 3 N–H and O–H groups in total. The summed E-state index contributed by atoms with van der Waals surface area (Å²) in [7, 11) is 1.53. The number of methoxy groups -OCH3 is 1. The Hall–Kier alpha value is -3.19. The van der Waals surface area contributed by atoms with Crippen molar-refractivity contribution in [3.63, 3.8) is 0 Å². The lowest BCUT2D eigenvalue weighted by Gasteiger charge is -2.15. The molecule has 0 saturated heterocycles. The van der Waals surface area contributed by atoms with Gasteiger partial charge in [0.15, 0.2) is 11.5 Å². The van der Waals surface area contributed by atoms with Gasteiger partial charge in [0.05, 0.1) is 18.2 Å². The van der Waals surface area contributed by atoms with Crippen LogP contribution < -0.4 is 25.4 Å². The third-order valence-corrected chi connectivity index (χ3v) is 4.64. The molecule has 0 heterocycles.